The molecule has 25 heavy (non-hydrogen) atoms. The third-order valence-corrected chi connectivity index (χ3v) is 4.57. The largest absolute Gasteiger partial charge is 0.496 e. The molecule has 134 valence electrons. The Kier molecular flexibility index (Phi) is 7.47. The molecular formula is C20H25BrN2O2. The zero-order valence-corrected chi connectivity index (χ0v) is 16.6. The van der Waals surface area contributed by atoms with Crippen LogP contribution in [0.25, 0.3) is 0 Å². The highest BCUT2D eigenvalue weighted by atomic mass is 79.9. The van der Waals surface area contributed by atoms with Gasteiger partial charge in [0.25, 0.3) is 0 Å². The summed E-state index contributed by atoms with van der Waals surface area (Å²) in [5, 5.41) is 3.00. The van der Waals surface area contributed by atoms with Crippen LogP contribution in [0.3, 0.4) is 0 Å². The van der Waals surface area contributed by atoms with E-state index in [-0.39, 0.29) is 5.91 Å². The van der Waals surface area contributed by atoms with E-state index in [0.717, 1.165) is 46.5 Å². The number of halogens is 1. The van der Waals surface area contributed by atoms with Crippen molar-refractivity contribution in [2.45, 2.75) is 26.8 Å². The number of para-hydroxylation sites is 1. The molecule has 0 saturated carbocycles. The number of carbonyl (C=O) groups is 1. The normalized spacial score (nSPS) is 10.8. The van der Waals surface area contributed by atoms with E-state index in [1.807, 2.05) is 49.4 Å². The van der Waals surface area contributed by atoms with Crippen molar-refractivity contribution in [1.29, 1.82) is 0 Å². The van der Waals surface area contributed by atoms with Crippen molar-refractivity contribution in [3.05, 3.63) is 58.1 Å². The van der Waals surface area contributed by atoms with Gasteiger partial charge in [-0.25, -0.2) is 0 Å². The lowest BCUT2D eigenvalue weighted by molar-refractivity contribution is -0.117. The lowest BCUT2D eigenvalue weighted by Crippen LogP contribution is -2.33. The molecule has 0 heterocycles. The average molecular weight is 405 g/mol. The number of methoxy groups -OCH3 is 1. The Morgan fingerprint density at radius 3 is 2.64 bits per heavy atom. The minimum Gasteiger partial charge on any atom is -0.496 e. The zero-order valence-electron chi connectivity index (χ0n) is 15.0. The van der Waals surface area contributed by atoms with Gasteiger partial charge in [-0.2, -0.15) is 0 Å². The highest BCUT2D eigenvalue weighted by Gasteiger charge is 2.12. The van der Waals surface area contributed by atoms with Gasteiger partial charge in [-0.05, 0) is 65.1 Å². The van der Waals surface area contributed by atoms with Gasteiger partial charge in [0, 0.05) is 12.2 Å². The van der Waals surface area contributed by atoms with E-state index in [1.54, 1.807) is 7.11 Å². The topological polar surface area (TPSA) is 41.6 Å². The Labute approximate surface area is 158 Å². The van der Waals surface area contributed by atoms with Gasteiger partial charge in [0.15, 0.2) is 0 Å². The van der Waals surface area contributed by atoms with E-state index in [2.05, 4.69) is 33.1 Å². The van der Waals surface area contributed by atoms with Gasteiger partial charge in [-0.1, -0.05) is 31.2 Å². The van der Waals surface area contributed by atoms with Crippen LogP contribution < -0.4 is 10.1 Å². The Morgan fingerprint density at radius 1 is 1.24 bits per heavy atom. The number of carbonyl (C=O) groups excluding carboxylic acids is 1. The molecule has 1 N–H and O–H groups in total. The molecule has 2 rings (SSSR count). The summed E-state index contributed by atoms with van der Waals surface area (Å²) < 4.78 is 6.19. The Morgan fingerprint density at radius 2 is 2.00 bits per heavy atom. The van der Waals surface area contributed by atoms with Crippen LogP contribution in [0.5, 0.6) is 5.75 Å². The van der Waals surface area contributed by atoms with Crippen LogP contribution in [0.2, 0.25) is 0 Å². The smallest absolute Gasteiger partial charge is 0.238 e. The molecule has 2 aromatic rings. The van der Waals surface area contributed by atoms with E-state index < -0.39 is 0 Å². The van der Waals surface area contributed by atoms with Crippen LogP contribution in [-0.2, 0) is 11.3 Å². The molecule has 0 aliphatic heterocycles. The molecule has 2 aromatic carbocycles. The molecule has 1 amide bonds. The maximum atomic E-state index is 12.4. The number of rotatable bonds is 8. The fourth-order valence-electron chi connectivity index (χ4n) is 2.70. The van der Waals surface area contributed by atoms with Gasteiger partial charge in [0.2, 0.25) is 5.91 Å². The number of ether oxygens (including phenoxy) is 1. The minimum absolute atomic E-state index is 0.00956. The highest BCUT2D eigenvalue weighted by molar-refractivity contribution is 9.10. The summed E-state index contributed by atoms with van der Waals surface area (Å²) in [6.45, 7) is 6.07. The summed E-state index contributed by atoms with van der Waals surface area (Å²) in [5.74, 6) is 0.818. The number of aryl methyl sites for hydroxylation is 1. The van der Waals surface area contributed by atoms with E-state index in [1.165, 1.54) is 0 Å². The van der Waals surface area contributed by atoms with E-state index in [4.69, 9.17) is 4.74 Å². The third kappa shape index (κ3) is 5.87. The van der Waals surface area contributed by atoms with Crippen LogP contribution in [0.1, 0.15) is 24.5 Å². The van der Waals surface area contributed by atoms with Gasteiger partial charge < -0.3 is 10.1 Å². The molecular weight excluding hydrogens is 380 g/mol. The van der Waals surface area contributed by atoms with Crippen molar-refractivity contribution >= 4 is 27.5 Å². The number of benzene rings is 2. The first kappa shape index (κ1) is 19.5. The first-order valence-electron chi connectivity index (χ1n) is 8.43. The summed E-state index contributed by atoms with van der Waals surface area (Å²) in [6.07, 6.45) is 0.995. The molecule has 4 nitrogen and oxygen atoms in total. The second-order valence-electron chi connectivity index (χ2n) is 6.04. The number of hydrogen-bond acceptors (Lipinski definition) is 3. The summed E-state index contributed by atoms with van der Waals surface area (Å²) in [4.78, 5) is 14.6. The first-order valence-corrected chi connectivity index (χ1v) is 9.23. The number of hydrogen-bond donors (Lipinski definition) is 1. The maximum absolute atomic E-state index is 12.4. The molecule has 0 aromatic heterocycles. The van der Waals surface area contributed by atoms with Crippen molar-refractivity contribution in [3.8, 4) is 5.75 Å². The Balaban J connectivity index is 2.01. The molecule has 0 spiro atoms. The molecule has 0 bridgehead atoms. The van der Waals surface area contributed by atoms with Gasteiger partial charge in [-0.15, -0.1) is 0 Å². The fourth-order valence-corrected chi connectivity index (χ4v) is 3.29. The van der Waals surface area contributed by atoms with Crippen molar-refractivity contribution in [2.75, 3.05) is 25.5 Å². The van der Waals surface area contributed by atoms with Crippen molar-refractivity contribution in [3.63, 3.8) is 0 Å². The molecule has 0 radical (unpaired) electrons. The minimum atomic E-state index is 0.00956. The van der Waals surface area contributed by atoms with Gasteiger partial charge in [-0.3, -0.25) is 9.69 Å². The molecule has 5 heteroatoms. The molecule has 0 aliphatic carbocycles. The van der Waals surface area contributed by atoms with Crippen LogP contribution >= 0.6 is 15.9 Å². The fraction of sp³-hybridized carbons (Fsp3) is 0.350. The van der Waals surface area contributed by atoms with Crippen molar-refractivity contribution in [1.82, 2.24) is 4.90 Å². The second kappa shape index (κ2) is 9.59. The maximum Gasteiger partial charge on any atom is 0.238 e. The van der Waals surface area contributed by atoms with E-state index in [0.29, 0.717) is 6.54 Å². The van der Waals surface area contributed by atoms with Crippen molar-refractivity contribution < 1.29 is 9.53 Å². The molecule has 0 atom stereocenters. The Hall–Kier alpha value is -1.85. The predicted octanol–water partition coefficient (Wildman–Crippen LogP) is 4.62. The first-order chi connectivity index (χ1) is 12.0. The average Bonchev–Trinajstić information content (AvgIpc) is 2.57. The lowest BCUT2D eigenvalue weighted by atomic mass is 10.2. The Bertz CT molecular complexity index is 719. The summed E-state index contributed by atoms with van der Waals surface area (Å²) in [7, 11) is 1.65. The van der Waals surface area contributed by atoms with Crippen LogP contribution in [0.4, 0.5) is 5.69 Å². The quantitative estimate of drug-likeness (QED) is 0.697. The molecule has 0 saturated heterocycles. The summed E-state index contributed by atoms with van der Waals surface area (Å²) in [5.41, 5.74) is 3.08. The van der Waals surface area contributed by atoms with E-state index >= 15 is 0 Å². The molecule has 0 unspecified atom stereocenters. The predicted molar refractivity (Wildman–Crippen MR) is 106 cm³/mol. The number of nitrogens with zero attached hydrogens (tertiary/aromatic N) is 1. The lowest BCUT2D eigenvalue weighted by Gasteiger charge is -2.22. The number of anilines is 1. The SMILES string of the molecule is CCCN(CC(=O)Nc1ccccc1C)Cc1ccc(OC)c(Br)c1. The third-order valence-electron chi connectivity index (χ3n) is 3.95. The monoisotopic (exact) mass is 404 g/mol. The summed E-state index contributed by atoms with van der Waals surface area (Å²) >= 11 is 3.52. The number of amides is 1. The number of nitrogens with one attached hydrogen (secondary N) is 1. The molecule has 0 aliphatic rings. The standard InChI is InChI=1S/C20H25BrN2O2/c1-4-11-23(13-16-9-10-19(25-3)17(21)12-16)14-20(24)22-18-8-6-5-7-15(18)2/h5-10,12H,4,11,13-14H2,1-3H3,(H,22,24). The van der Waals surface area contributed by atoms with Crippen molar-refractivity contribution in [2.24, 2.45) is 0 Å². The molecule has 0 fully saturated rings. The van der Waals surface area contributed by atoms with E-state index in [9.17, 15) is 4.79 Å². The van der Waals surface area contributed by atoms with Gasteiger partial charge >= 0.3 is 0 Å². The highest BCUT2D eigenvalue weighted by Crippen LogP contribution is 2.26. The second-order valence-corrected chi connectivity index (χ2v) is 6.90. The van der Waals surface area contributed by atoms with Crippen LogP contribution in [0, 0.1) is 6.92 Å². The van der Waals surface area contributed by atoms with Crippen LogP contribution in [-0.4, -0.2) is 31.0 Å². The zero-order chi connectivity index (χ0) is 18.2. The summed E-state index contributed by atoms with van der Waals surface area (Å²) in [6, 6.07) is 13.8. The van der Waals surface area contributed by atoms with Gasteiger partial charge in [0.05, 0.1) is 18.1 Å². The van der Waals surface area contributed by atoms with Gasteiger partial charge in [0.1, 0.15) is 5.75 Å². The van der Waals surface area contributed by atoms with Crippen LogP contribution in [0.15, 0.2) is 46.9 Å².